The standard InChI is InChI=1S/C7H13N.ClH/c1-5-2-3-8-7-4-6(5)7;/h5-8H,2-4H2,1H3;1H. The van der Waals surface area contributed by atoms with E-state index in [-0.39, 0.29) is 12.4 Å². The second-order valence-electron chi connectivity index (χ2n) is 3.23. The van der Waals surface area contributed by atoms with Gasteiger partial charge < -0.3 is 5.32 Å². The van der Waals surface area contributed by atoms with Crippen molar-refractivity contribution in [3.05, 3.63) is 0 Å². The van der Waals surface area contributed by atoms with Gasteiger partial charge in [0.25, 0.3) is 0 Å². The number of piperidine rings is 1. The zero-order chi connectivity index (χ0) is 5.56. The Bertz CT molecular complexity index is 105. The number of halogens is 1. The second-order valence-corrected chi connectivity index (χ2v) is 3.23. The van der Waals surface area contributed by atoms with Crippen molar-refractivity contribution in [1.29, 1.82) is 0 Å². The molecule has 0 aromatic heterocycles. The van der Waals surface area contributed by atoms with Gasteiger partial charge in [0.1, 0.15) is 0 Å². The maximum absolute atomic E-state index is 3.49. The van der Waals surface area contributed by atoms with Crippen LogP contribution < -0.4 is 5.32 Å². The largest absolute Gasteiger partial charge is 0.314 e. The topological polar surface area (TPSA) is 12.0 Å². The van der Waals surface area contributed by atoms with E-state index in [1.807, 2.05) is 0 Å². The first kappa shape index (κ1) is 7.36. The molecular formula is C7H14ClN. The summed E-state index contributed by atoms with van der Waals surface area (Å²) in [7, 11) is 0. The average molecular weight is 148 g/mol. The molecule has 54 valence electrons. The van der Waals surface area contributed by atoms with E-state index < -0.39 is 0 Å². The smallest absolute Gasteiger partial charge is 0.0102 e. The van der Waals surface area contributed by atoms with Gasteiger partial charge in [-0.15, -0.1) is 12.4 Å². The summed E-state index contributed by atoms with van der Waals surface area (Å²) >= 11 is 0. The summed E-state index contributed by atoms with van der Waals surface area (Å²) in [6.07, 6.45) is 2.86. The van der Waals surface area contributed by atoms with Gasteiger partial charge in [0, 0.05) is 6.04 Å². The van der Waals surface area contributed by atoms with E-state index in [4.69, 9.17) is 0 Å². The molecule has 0 bridgehead atoms. The van der Waals surface area contributed by atoms with Gasteiger partial charge in [-0.3, -0.25) is 0 Å². The normalized spacial score (nSPS) is 47.0. The molecule has 0 aromatic rings. The predicted molar refractivity (Wildman–Crippen MR) is 40.9 cm³/mol. The highest BCUT2D eigenvalue weighted by molar-refractivity contribution is 5.85. The second kappa shape index (κ2) is 2.47. The first-order chi connectivity index (χ1) is 3.88. The van der Waals surface area contributed by atoms with Crippen LogP contribution in [0, 0.1) is 11.8 Å². The van der Waals surface area contributed by atoms with Crippen molar-refractivity contribution in [2.24, 2.45) is 11.8 Å². The Labute approximate surface area is 62.6 Å². The highest BCUT2D eigenvalue weighted by atomic mass is 35.5. The first-order valence-corrected chi connectivity index (χ1v) is 3.61. The summed E-state index contributed by atoms with van der Waals surface area (Å²) in [5, 5.41) is 3.49. The number of hydrogen-bond acceptors (Lipinski definition) is 1. The van der Waals surface area contributed by atoms with Crippen LogP contribution in [0.25, 0.3) is 0 Å². The highest BCUT2D eigenvalue weighted by Crippen LogP contribution is 2.41. The lowest BCUT2D eigenvalue weighted by molar-refractivity contribution is 0.383. The molecule has 0 amide bonds. The molecule has 0 aromatic carbocycles. The van der Waals surface area contributed by atoms with Crippen LogP contribution in [-0.2, 0) is 0 Å². The average Bonchev–Trinajstić information content (AvgIpc) is 2.45. The van der Waals surface area contributed by atoms with Gasteiger partial charge in [-0.05, 0) is 31.2 Å². The summed E-state index contributed by atoms with van der Waals surface area (Å²) in [6.45, 7) is 3.65. The monoisotopic (exact) mass is 147 g/mol. The molecule has 1 saturated carbocycles. The number of nitrogens with one attached hydrogen (secondary N) is 1. The van der Waals surface area contributed by atoms with Gasteiger partial charge in [0.05, 0.1) is 0 Å². The fourth-order valence-electron chi connectivity index (χ4n) is 1.79. The van der Waals surface area contributed by atoms with Crippen LogP contribution in [0.4, 0.5) is 0 Å². The predicted octanol–water partition coefficient (Wildman–Crippen LogP) is 1.43. The number of fused-ring (bicyclic) bond motifs is 1. The van der Waals surface area contributed by atoms with E-state index in [2.05, 4.69) is 12.2 Å². The zero-order valence-corrected chi connectivity index (χ0v) is 6.58. The molecule has 1 N–H and O–H groups in total. The van der Waals surface area contributed by atoms with Crippen LogP contribution in [0.5, 0.6) is 0 Å². The van der Waals surface area contributed by atoms with Crippen LogP contribution in [0.2, 0.25) is 0 Å². The summed E-state index contributed by atoms with van der Waals surface area (Å²) < 4.78 is 0. The van der Waals surface area contributed by atoms with Crippen molar-refractivity contribution < 1.29 is 0 Å². The molecular weight excluding hydrogens is 134 g/mol. The fourth-order valence-corrected chi connectivity index (χ4v) is 1.79. The van der Waals surface area contributed by atoms with Crippen LogP contribution in [0.3, 0.4) is 0 Å². The molecule has 1 nitrogen and oxygen atoms in total. The Balaban J connectivity index is 0.000000405. The molecule has 1 saturated heterocycles. The molecule has 2 aliphatic rings. The lowest BCUT2D eigenvalue weighted by atomic mass is 10.00. The Morgan fingerprint density at radius 2 is 2.22 bits per heavy atom. The van der Waals surface area contributed by atoms with E-state index in [9.17, 15) is 0 Å². The fraction of sp³-hybridized carbons (Fsp3) is 1.00. The highest BCUT2D eigenvalue weighted by Gasteiger charge is 2.42. The van der Waals surface area contributed by atoms with Crippen molar-refractivity contribution in [2.45, 2.75) is 25.8 Å². The Morgan fingerprint density at radius 1 is 1.44 bits per heavy atom. The van der Waals surface area contributed by atoms with E-state index in [0.717, 1.165) is 17.9 Å². The molecule has 9 heavy (non-hydrogen) atoms. The third-order valence-electron chi connectivity index (χ3n) is 2.58. The molecule has 3 unspecified atom stereocenters. The lowest BCUT2D eigenvalue weighted by Crippen LogP contribution is -2.28. The summed E-state index contributed by atoms with van der Waals surface area (Å²) in [5.41, 5.74) is 0. The van der Waals surface area contributed by atoms with Gasteiger partial charge in [-0.25, -0.2) is 0 Å². The summed E-state index contributed by atoms with van der Waals surface area (Å²) in [6, 6.07) is 0.929. The van der Waals surface area contributed by atoms with Gasteiger partial charge in [0.2, 0.25) is 0 Å². The molecule has 3 atom stereocenters. The van der Waals surface area contributed by atoms with Gasteiger partial charge >= 0.3 is 0 Å². The van der Waals surface area contributed by atoms with E-state index in [0.29, 0.717) is 0 Å². The minimum Gasteiger partial charge on any atom is -0.314 e. The molecule has 2 heteroatoms. The van der Waals surface area contributed by atoms with Crippen LogP contribution in [0.1, 0.15) is 19.8 Å². The molecule has 1 heterocycles. The summed E-state index contributed by atoms with van der Waals surface area (Å²) in [5.74, 6) is 2.07. The first-order valence-electron chi connectivity index (χ1n) is 3.61. The Hall–Kier alpha value is 0.250. The van der Waals surface area contributed by atoms with E-state index >= 15 is 0 Å². The lowest BCUT2D eigenvalue weighted by Gasteiger charge is -2.16. The summed E-state index contributed by atoms with van der Waals surface area (Å²) in [4.78, 5) is 0. The quantitative estimate of drug-likeness (QED) is 0.547. The zero-order valence-electron chi connectivity index (χ0n) is 5.76. The minimum absolute atomic E-state index is 0. The van der Waals surface area contributed by atoms with Crippen LogP contribution >= 0.6 is 12.4 Å². The number of rotatable bonds is 0. The van der Waals surface area contributed by atoms with Crippen LogP contribution in [0.15, 0.2) is 0 Å². The van der Waals surface area contributed by atoms with Gasteiger partial charge in [-0.1, -0.05) is 6.92 Å². The van der Waals surface area contributed by atoms with Crippen molar-refractivity contribution in [1.82, 2.24) is 5.32 Å². The number of hydrogen-bond donors (Lipinski definition) is 1. The third-order valence-corrected chi connectivity index (χ3v) is 2.58. The van der Waals surface area contributed by atoms with Crippen molar-refractivity contribution in [2.75, 3.05) is 6.54 Å². The molecule has 0 spiro atoms. The van der Waals surface area contributed by atoms with Gasteiger partial charge in [-0.2, -0.15) is 0 Å². The molecule has 2 rings (SSSR count). The molecule has 2 fully saturated rings. The van der Waals surface area contributed by atoms with Gasteiger partial charge in [0.15, 0.2) is 0 Å². The maximum Gasteiger partial charge on any atom is 0.0102 e. The van der Waals surface area contributed by atoms with Crippen molar-refractivity contribution in [3.63, 3.8) is 0 Å². The molecule has 1 aliphatic heterocycles. The molecule has 0 radical (unpaired) electrons. The SMILES string of the molecule is CC1CCNC2CC12.Cl. The third kappa shape index (κ3) is 1.22. The minimum atomic E-state index is 0. The molecule has 1 aliphatic carbocycles. The Morgan fingerprint density at radius 3 is 2.78 bits per heavy atom. The Kier molecular flexibility index (Phi) is 2.02. The van der Waals surface area contributed by atoms with Crippen molar-refractivity contribution in [3.8, 4) is 0 Å². The van der Waals surface area contributed by atoms with Crippen molar-refractivity contribution >= 4 is 12.4 Å². The maximum atomic E-state index is 3.49. The van der Waals surface area contributed by atoms with E-state index in [1.54, 1.807) is 0 Å². The van der Waals surface area contributed by atoms with E-state index in [1.165, 1.54) is 19.4 Å². The van der Waals surface area contributed by atoms with Crippen LogP contribution in [-0.4, -0.2) is 12.6 Å².